The third-order valence-corrected chi connectivity index (χ3v) is 7.15. The molecule has 1 unspecified atom stereocenters. The van der Waals surface area contributed by atoms with Crippen LogP contribution in [0.25, 0.3) is 0 Å². The van der Waals surface area contributed by atoms with Crippen LogP contribution in [0.5, 0.6) is 0 Å². The first-order valence-corrected chi connectivity index (χ1v) is 11.1. The number of aliphatic hydroxyl groups excluding tert-OH is 1. The van der Waals surface area contributed by atoms with E-state index in [2.05, 4.69) is 4.72 Å². The van der Waals surface area contributed by atoms with E-state index in [1.807, 2.05) is 48.0 Å². The maximum absolute atomic E-state index is 12.4. The summed E-state index contributed by atoms with van der Waals surface area (Å²) in [5.41, 5.74) is 1.96. The minimum Gasteiger partial charge on any atom is -0.383 e. The first-order chi connectivity index (χ1) is 12.0. The summed E-state index contributed by atoms with van der Waals surface area (Å²) in [7, 11) is -3.54. The predicted octanol–water partition coefficient (Wildman–Crippen LogP) is 3.93. The zero-order valence-electron chi connectivity index (χ0n) is 13.7. The average molecular weight is 394 g/mol. The van der Waals surface area contributed by atoms with Crippen molar-refractivity contribution in [2.75, 3.05) is 0 Å². The lowest BCUT2D eigenvalue weighted by molar-refractivity contribution is 0.224. The SMILES string of the molecule is CCc1ccc(S(=O)(=O)NCc2ccc(C(O)c3ccsc3)s2)cc1. The fraction of sp³-hybridized carbons (Fsp3) is 0.222. The Morgan fingerprint density at radius 2 is 1.88 bits per heavy atom. The van der Waals surface area contributed by atoms with E-state index in [4.69, 9.17) is 0 Å². The van der Waals surface area contributed by atoms with Crippen molar-refractivity contribution in [1.29, 1.82) is 0 Å². The maximum atomic E-state index is 12.4. The molecule has 0 aliphatic rings. The lowest BCUT2D eigenvalue weighted by Gasteiger charge is -2.07. The summed E-state index contributed by atoms with van der Waals surface area (Å²) in [5.74, 6) is 0. The van der Waals surface area contributed by atoms with Gasteiger partial charge in [0.15, 0.2) is 0 Å². The molecular weight excluding hydrogens is 374 g/mol. The Kier molecular flexibility index (Phi) is 5.71. The van der Waals surface area contributed by atoms with Crippen LogP contribution in [0, 0.1) is 0 Å². The van der Waals surface area contributed by atoms with Crippen LogP contribution in [0.3, 0.4) is 0 Å². The number of rotatable bonds is 7. The van der Waals surface area contributed by atoms with Crippen LogP contribution in [0.1, 0.15) is 33.9 Å². The monoisotopic (exact) mass is 393 g/mol. The van der Waals surface area contributed by atoms with Gasteiger partial charge in [-0.15, -0.1) is 11.3 Å². The molecule has 3 rings (SSSR count). The van der Waals surface area contributed by atoms with Crippen LogP contribution in [-0.2, 0) is 23.0 Å². The first kappa shape index (κ1) is 18.3. The van der Waals surface area contributed by atoms with E-state index < -0.39 is 16.1 Å². The Labute approximate surface area is 155 Å². The molecule has 2 aromatic heterocycles. The molecule has 0 bridgehead atoms. The zero-order valence-corrected chi connectivity index (χ0v) is 16.1. The van der Waals surface area contributed by atoms with Gasteiger partial charge in [0.1, 0.15) is 6.10 Å². The van der Waals surface area contributed by atoms with Crippen LogP contribution >= 0.6 is 22.7 Å². The molecule has 0 saturated carbocycles. The van der Waals surface area contributed by atoms with Gasteiger partial charge in [0.2, 0.25) is 10.0 Å². The lowest BCUT2D eigenvalue weighted by atomic mass is 10.2. The molecule has 0 aliphatic heterocycles. The molecule has 1 aromatic carbocycles. The number of thiophene rings is 2. The maximum Gasteiger partial charge on any atom is 0.240 e. The molecular formula is C18H19NO3S3. The van der Waals surface area contributed by atoms with Gasteiger partial charge in [-0.2, -0.15) is 11.3 Å². The fourth-order valence-electron chi connectivity index (χ4n) is 2.39. The van der Waals surface area contributed by atoms with E-state index in [1.54, 1.807) is 12.1 Å². The van der Waals surface area contributed by atoms with Crippen molar-refractivity contribution in [2.24, 2.45) is 0 Å². The third kappa shape index (κ3) is 4.37. The van der Waals surface area contributed by atoms with Crippen LogP contribution < -0.4 is 4.72 Å². The van der Waals surface area contributed by atoms with E-state index >= 15 is 0 Å². The number of hydrogen-bond donors (Lipinski definition) is 2. The average Bonchev–Trinajstić information content (AvgIpc) is 3.31. The molecule has 7 heteroatoms. The molecule has 0 aliphatic carbocycles. The second kappa shape index (κ2) is 7.80. The Bertz CT molecular complexity index is 913. The van der Waals surface area contributed by atoms with Gasteiger partial charge in [0.25, 0.3) is 0 Å². The van der Waals surface area contributed by atoms with E-state index in [-0.39, 0.29) is 11.4 Å². The quantitative estimate of drug-likeness (QED) is 0.639. The van der Waals surface area contributed by atoms with Gasteiger partial charge in [-0.25, -0.2) is 13.1 Å². The molecule has 4 nitrogen and oxygen atoms in total. The topological polar surface area (TPSA) is 66.4 Å². The Hall–Kier alpha value is -1.51. The number of aryl methyl sites for hydroxylation is 1. The van der Waals surface area contributed by atoms with Crippen molar-refractivity contribution in [3.63, 3.8) is 0 Å². The van der Waals surface area contributed by atoms with Crippen molar-refractivity contribution < 1.29 is 13.5 Å². The van der Waals surface area contributed by atoms with Gasteiger partial charge in [0, 0.05) is 16.3 Å². The molecule has 2 N–H and O–H groups in total. The molecule has 0 radical (unpaired) electrons. The lowest BCUT2D eigenvalue weighted by Crippen LogP contribution is -2.22. The zero-order chi connectivity index (χ0) is 17.9. The summed E-state index contributed by atoms with van der Waals surface area (Å²) in [4.78, 5) is 1.93. The predicted molar refractivity (Wildman–Crippen MR) is 103 cm³/mol. The molecule has 0 saturated heterocycles. The van der Waals surface area contributed by atoms with Gasteiger partial charge in [-0.3, -0.25) is 0 Å². The van der Waals surface area contributed by atoms with Gasteiger partial charge in [-0.1, -0.05) is 19.1 Å². The minimum absolute atomic E-state index is 0.207. The largest absolute Gasteiger partial charge is 0.383 e. The van der Waals surface area contributed by atoms with Crippen LogP contribution in [0.15, 0.2) is 58.1 Å². The highest BCUT2D eigenvalue weighted by atomic mass is 32.2. The standard InChI is InChI=1S/C18H19NO3S3/c1-2-13-3-6-16(7-4-13)25(21,22)19-11-15-5-8-17(24-15)18(20)14-9-10-23-12-14/h3-10,12,18-20H,2,11H2,1H3. The smallest absolute Gasteiger partial charge is 0.240 e. The molecule has 3 aromatic rings. The van der Waals surface area contributed by atoms with E-state index in [1.165, 1.54) is 22.7 Å². The first-order valence-electron chi connectivity index (χ1n) is 7.87. The molecule has 0 spiro atoms. The summed E-state index contributed by atoms with van der Waals surface area (Å²) in [6.45, 7) is 2.24. The Morgan fingerprint density at radius 3 is 2.52 bits per heavy atom. The molecule has 25 heavy (non-hydrogen) atoms. The van der Waals surface area contributed by atoms with E-state index in [9.17, 15) is 13.5 Å². The van der Waals surface area contributed by atoms with E-state index in [0.29, 0.717) is 0 Å². The van der Waals surface area contributed by atoms with Gasteiger partial charge < -0.3 is 5.11 Å². The highest BCUT2D eigenvalue weighted by Gasteiger charge is 2.16. The van der Waals surface area contributed by atoms with Crippen molar-refractivity contribution in [3.8, 4) is 0 Å². The fourth-order valence-corrected chi connectivity index (χ4v) is 5.13. The summed E-state index contributed by atoms with van der Waals surface area (Å²) in [5, 5.41) is 14.2. The Morgan fingerprint density at radius 1 is 1.12 bits per heavy atom. The second-order valence-corrected chi connectivity index (χ2v) is 9.33. The number of aliphatic hydroxyl groups is 1. The van der Waals surface area contributed by atoms with Gasteiger partial charge >= 0.3 is 0 Å². The highest BCUT2D eigenvalue weighted by Crippen LogP contribution is 2.29. The molecule has 2 heterocycles. The van der Waals surface area contributed by atoms with Crippen molar-refractivity contribution in [2.45, 2.75) is 30.9 Å². The number of benzene rings is 1. The summed E-state index contributed by atoms with van der Waals surface area (Å²) >= 11 is 2.94. The number of hydrogen-bond acceptors (Lipinski definition) is 5. The summed E-state index contributed by atoms with van der Waals surface area (Å²) < 4.78 is 27.4. The van der Waals surface area contributed by atoms with Crippen molar-refractivity contribution >= 4 is 32.7 Å². The van der Waals surface area contributed by atoms with Crippen LogP contribution in [-0.4, -0.2) is 13.5 Å². The van der Waals surface area contributed by atoms with Crippen molar-refractivity contribution in [1.82, 2.24) is 4.72 Å². The van der Waals surface area contributed by atoms with E-state index in [0.717, 1.165) is 27.3 Å². The van der Waals surface area contributed by atoms with Gasteiger partial charge in [-0.05, 0) is 58.6 Å². The van der Waals surface area contributed by atoms with Crippen molar-refractivity contribution in [3.05, 3.63) is 74.1 Å². The third-order valence-electron chi connectivity index (χ3n) is 3.89. The van der Waals surface area contributed by atoms with Gasteiger partial charge in [0.05, 0.1) is 4.90 Å². The summed E-state index contributed by atoms with van der Waals surface area (Å²) in [6, 6.07) is 12.5. The molecule has 1 atom stereocenters. The molecule has 132 valence electrons. The molecule has 0 amide bonds. The van der Waals surface area contributed by atoms with Crippen LogP contribution in [0.2, 0.25) is 0 Å². The normalized spacial score (nSPS) is 13.0. The number of nitrogens with one attached hydrogen (secondary N) is 1. The summed E-state index contributed by atoms with van der Waals surface area (Å²) in [6.07, 6.45) is 0.209. The minimum atomic E-state index is -3.54. The molecule has 0 fully saturated rings. The second-order valence-electron chi connectivity index (χ2n) is 5.59. The number of sulfonamides is 1. The van der Waals surface area contributed by atoms with Crippen LogP contribution in [0.4, 0.5) is 0 Å². The Balaban J connectivity index is 1.66. The highest BCUT2D eigenvalue weighted by molar-refractivity contribution is 7.89.